The highest BCUT2D eigenvalue weighted by atomic mass is 31.1. The minimum Gasteiger partial charge on any atom is -0.464 e. The summed E-state index contributed by atoms with van der Waals surface area (Å²) in [7, 11) is -1.20. The molecule has 0 saturated heterocycles. The first-order valence-electron chi connectivity index (χ1n) is 4.03. The van der Waals surface area contributed by atoms with E-state index in [1.807, 2.05) is 0 Å². The lowest BCUT2D eigenvalue weighted by Gasteiger charge is -2.12. The van der Waals surface area contributed by atoms with Gasteiger partial charge in [0, 0.05) is 7.11 Å². The summed E-state index contributed by atoms with van der Waals surface area (Å²) in [4.78, 5) is 11.1. The highest BCUT2D eigenvalue weighted by Crippen LogP contribution is 2.30. The monoisotopic (exact) mass is 210 g/mol. The number of carbonyl (C=O) groups excluding carboxylic acids is 1. The van der Waals surface area contributed by atoms with Gasteiger partial charge in [-0.15, -0.1) is 0 Å². The van der Waals surface area contributed by atoms with Gasteiger partial charge < -0.3 is 14.0 Å². The third kappa shape index (κ3) is 4.41. The average Bonchev–Trinajstić information content (AvgIpc) is 2.06. The molecule has 0 rings (SSSR count). The molecule has 0 aromatic carbocycles. The summed E-state index contributed by atoms with van der Waals surface area (Å²) in [6, 6.07) is 0. The van der Waals surface area contributed by atoms with Gasteiger partial charge in [0.25, 0.3) is 0 Å². The second-order valence-corrected chi connectivity index (χ2v) is 3.57. The van der Waals surface area contributed by atoms with E-state index >= 15 is 0 Å². The number of esters is 1. The molecule has 0 saturated carbocycles. The second kappa shape index (κ2) is 7.06. The Bertz CT molecular complexity index is 164. The zero-order valence-corrected chi connectivity index (χ0v) is 9.03. The van der Waals surface area contributed by atoms with Crippen LogP contribution >= 0.6 is 8.03 Å². The molecular weight excluding hydrogens is 195 g/mol. The summed E-state index contributed by atoms with van der Waals surface area (Å²) in [6.07, 6.45) is 0. The van der Waals surface area contributed by atoms with Crippen molar-refractivity contribution in [3.63, 3.8) is 0 Å². The van der Waals surface area contributed by atoms with Gasteiger partial charge in [0.15, 0.2) is 0 Å². The Kier molecular flexibility index (Phi) is 6.86. The maximum Gasteiger partial charge on any atom is 0.345 e. The van der Waals surface area contributed by atoms with Gasteiger partial charge in [-0.3, -0.25) is 4.57 Å². The van der Waals surface area contributed by atoms with Crippen LogP contribution in [0.5, 0.6) is 0 Å². The van der Waals surface area contributed by atoms with E-state index < -0.39 is 19.8 Å². The number of ether oxygens (including phenoxy) is 2. The molecule has 0 aliphatic heterocycles. The molecular formula is C7H15O5P. The van der Waals surface area contributed by atoms with E-state index in [4.69, 9.17) is 9.26 Å². The van der Waals surface area contributed by atoms with Gasteiger partial charge in [0.05, 0.1) is 13.2 Å². The highest BCUT2D eigenvalue weighted by molar-refractivity contribution is 7.41. The van der Waals surface area contributed by atoms with Crippen LogP contribution in [0.2, 0.25) is 0 Å². The van der Waals surface area contributed by atoms with E-state index in [-0.39, 0.29) is 13.2 Å². The minimum atomic E-state index is -2.50. The molecule has 5 nitrogen and oxygen atoms in total. The van der Waals surface area contributed by atoms with Crippen molar-refractivity contribution in [3.8, 4) is 0 Å². The highest BCUT2D eigenvalue weighted by Gasteiger charge is 2.26. The van der Waals surface area contributed by atoms with Gasteiger partial charge in [-0.2, -0.15) is 0 Å². The van der Waals surface area contributed by atoms with E-state index in [9.17, 15) is 9.36 Å². The topological polar surface area (TPSA) is 61.8 Å². The number of hydrogen-bond acceptors (Lipinski definition) is 5. The summed E-state index contributed by atoms with van der Waals surface area (Å²) < 4.78 is 25.4. The molecule has 13 heavy (non-hydrogen) atoms. The lowest BCUT2D eigenvalue weighted by Crippen LogP contribution is -2.22. The first-order chi connectivity index (χ1) is 6.17. The van der Waals surface area contributed by atoms with E-state index in [0.29, 0.717) is 0 Å². The van der Waals surface area contributed by atoms with Crippen molar-refractivity contribution in [2.45, 2.75) is 19.7 Å². The molecule has 0 fully saturated rings. The van der Waals surface area contributed by atoms with Gasteiger partial charge in [0.2, 0.25) is 13.9 Å². The first-order valence-corrected chi connectivity index (χ1v) is 5.42. The van der Waals surface area contributed by atoms with Crippen LogP contribution in [0.3, 0.4) is 0 Å². The standard InChI is InChI=1S/C7H15O5P/c1-4-11-6(8)7(10-3)13(9)12-5-2/h7,13H,4-5H2,1-3H3. The molecule has 0 N–H and O–H groups in total. The Morgan fingerprint density at radius 3 is 2.38 bits per heavy atom. The first kappa shape index (κ1) is 12.6. The molecule has 0 spiro atoms. The Morgan fingerprint density at radius 1 is 1.38 bits per heavy atom. The molecule has 2 atom stereocenters. The van der Waals surface area contributed by atoms with E-state index in [1.54, 1.807) is 13.8 Å². The summed E-state index contributed by atoms with van der Waals surface area (Å²) in [5.41, 5.74) is 0. The van der Waals surface area contributed by atoms with E-state index in [1.165, 1.54) is 7.11 Å². The molecule has 0 amide bonds. The normalized spacial score (nSPS) is 15.0. The number of methoxy groups -OCH3 is 1. The van der Waals surface area contributed by atoms with Crippen LogP contribution < -0.4 is 0 Å². The van der Waals surface area contributed by atoms with Crippen molar-refractivity contribution < 1.29 is 23.4 Å². The molecule has 0 aliphatic carbocycles. The Balaban J connectivity index is 4.15. The van der Waals surface area contributed by atoms with Crippen LogP contribution in [0.1, 0.15) is 13.8 Å². The second-order valence-electron chi connectivity index (χ2n) is 2.12. The van der Waals surface area contributed by atoms with Gasteiger partial charge in [-0.1, -0.05) is 0 Å². The van der Waals surface area contributed by atoms with Crippen molar-refractivity contribution >= 4 is 14.0 Å². The van der Waals surface area contributed by atoms with Crippen LogP contribution in [-0.2, 0) is 23.4 Å². The molecule has 0 aliphatic rings. The largest absolute Gasteiger partial charge is 0.464 e. The van der Waals surface area contributed by atoms with Gasteiger partial charge in [-0.05, 0) is 13.8 Å². The van der Waals surface area contributed by atoms with Gasteiger partial charge >= 0.3 is 5.97 Å². The van der Waals surface area contributed by atoms with Crippen LogP contribution in [0.25, 0.3) is 0 Å². The van der Waals surface area contributed by atoms with Crippen LogP contribution in [0.15, 0.2) is 0 Å². The van der Waals surface area contributed by atoms with Crippen molar-refractivity contribution in [2.24, 2.45) is 0 Å². The maximum atomic E-state index is 11.2. The van der Waals surface area contributed by atoms with Crippen LogP contribution in [0, 0.1) is 0 Å². The third-order valence-corrected chi connectivity index (χ3v) is 2.71. The van der Waals surface area contributed by atoms with Crippen molar-refractivity contribution in [3.05, 3.63) is 0 Å². The van der Waals surface area contributed by atoms with Crippen LogP contribution in [0.4, 0.5) is 0 Å². The minimum absolute atomic E-state index is 0.236. The lowest BCUT2D eigenvalue weighted by molar-refractivity contribution is -0.150. The summed E-state index contributed by atoms with van der Waals surface area (Å²) in [5, 5.41) is 0. The zero-order chi connectivity index (χ0) is 10.3. The summed E-state index contributed by atoms with van der Waals surface area (Å²) in [5.74, 6) is -1.72. The van der Waals surface area contributed by atoms with E-state index in [2.05, 4.69) is 4.74 Å². The molecule has 0 aromatic rings. The summed E-state index contributed by atoms with van der Waals surface area (Å²) >= 11 is 0. The molecule has 0 bridgehead atoms. The number of carbonyl (C=O) groups is 1. The third-order valence-electron chi connectivity index (χ3n) is 1.24. The SMILES string of the molecule is CCOC(=O)C(OC)[PH](=O)OCC. The van der Waals surface area contributed by atoms with Crippen molar-refractivity contribution in [1.29, 1.82) is 0 Å². The molecule has 78 valence electrons. The van der Waals surface area contributed by atoms with Crippen molar-refractivity contribution in [2.75, 3.05) is 20.3 Å². The predicted octanol–water partition coefficient (Wildman–Crippen LogP) is 1.03. The maximum absolute atomic E-state index is 11.2. The average molecular weight is 210 g/mol. The Morgan fingerprint density at radius 2 is 2.00 bits per heavy atom. The number of hydrogen-bond donors (Lipinski definition) is 0. The molecule has 6 heteroatoms. The molecule has 0 aromatic heterocycles. The van der Waals surface area contributed by atoms with Crippen LogP contribution in [-0.4, -0.2) is 32.1 Å². The zero-order valence-electron chi connectivity index (χ0n) is 8.03. The van der Waals surface area contributed by atoms with Gasteiger partial charge in [-0.25, -0.2) is 4.79 Å². The Hall–Kier alpha value is -0.380. The van der Waals surface area contributed by atoms with Gasteiger partial charge in [0.1, 0.15) is 0 Å². The summed E-state index contributed by atoms with van der Waals surface area (Å²) in [6.45, 7) is 3.89. The fraction of sp³-hybridized carbons (Fsp3) is 0.857. The Labute approximate surface area is 78.2 Å². The van der Waals surface area contributed by atoms with Crippen molar-refractivity contribution in [1.82, 2.24) is 0 Å². The fourth-order valence-corrected chi connectivity index (χ4v) is 1.63. The molecule has 0 heterocycles. The lowest BCUT2D eigenvalue weighted by atomic mass is 10.7. The smallest absolute Gasteiger partial charge is 0.345 e. The fourth-order valence-electron chi connectivity index (χ4n) is 0.725. The van der Waals surface area contributed by atoms with E-state index in [0.717, 1.165) is 0 Å². The number of rotatable bonds is 6. The molecule has 2 unspecified atom stereocenters. The quantitative estimate of drug-likeness (QED) is 0.484. The molecule has 0 radical (unpaired) electrons. The predicted molar refractivity (Wildman–Crippen MR) is 48.1 cm³/mol.